The predicted molar refractivity (Wildman–Crippen MR) is 108 cm³/mol. The molecule has 6 N–H and O–H groups in total. The molecule has 6 nitrogen and oxygen atoms in total. The monoisotopic (exact) mass is 486 g/mol. The second kappa shape index (κ2) is 9.88. The number of rotatable bonds is 7. The number of nitrogens with one attached hydrogen (secondary N) is 2. The molecule has 0 aliphatic heterocycles. The molecule has 2 aromatic carbocycles. The van der Waals surface area contributed by atoms with Crippen LogP contribution in [0.2, 0.25) is 0 Å². The number of anilines is 2. The van der Waals surface area contributed by atoms with Gasteiger partial charge in [0.25, 0.3) is 0 Å². The molecule has 2 aromatic rings. The van der Waals surface area contributed by atoms with Gasteiger partial charge in [-0.1, -0.05) is 0 Å². The first-order chi connectivity index (χ1) is 12.4. The molecule has 26 heavy (non-hydrogen) atoms. The third kappa shape index (κ3) is 5.95. The van der Waals surface area contributed by atoms with Crippen molar-refractivity contribution in [1.82, 2.24) is 0 Å². The Morgan fingerprint density at radius 2 is 1.12 bits per heavy atom. The van der Waals surface area contributed by atoms with Gasteiger partial charge in [-0.3, -0.25) is 0 Å². The Kier molecular flexibility index (Phi) is 7.84. The second-order valence-electron chi connectivity index (χ2n) is 5.71. The van der Waals surface area contributed by atoms with Gasteiger partial charge in [0, 0.05) is 0 Å². The number of benzene rings is 2. The van der Waals surface area contributed by atoms with Gasteiger partial charge in [0.05, 0.1) is 0 Å². The molecule has 138 valence electrons. The number of carbonyl (C=O) groups excluding carboxylic acids is 2. The van der Waals surface area contributed by atoms with Gasteiger partial charge in [-0.15, -0.1) is 0 Å². The Balaban J connectivity index is 2.12. The van der Waals surface area contributed by atoms with Crippen LogP contribution in [-0.2, 0) is 9.59 Å². The van der Waals surface area contributed by atoms with Crippen molar-refractivity contribution < 1.29 is 9.59 Å². The Hall–Kier alpha value is -1.66. The van der Waals surface area contributed by atoms with Crippen molar-refractivity contribution in [3.8, 4) is 0 Å². The molecule has 0 aliphatic carbocycles. The molecule has 0 fully saturated rings. The van der Waals surface area contributed by atoms with Crippen LogP contribution < -0.4 is 31.0 Å². The van der Waals surface area contributed by atoms with E-state index in [4.69, 9.17) is 11.5 Å². The summed E-state index contributed by atoms with van der Waals surface area (Å²) in [6.07, 6.45) is 0. The fourth-order valence-electron chi connectivity index (χ4n) is 1.87. The topological polar surface area (TPSA) is 110 Å². The SMILES string of the molecule is C[C@H](N)C(=O)Nc1ccccc1[Se][Se]c1ccccc1NC(=O)[C@H](C)N. The number of hydrogen-bond donors (Lipinski definition) is 4. The second-order valence-corrected chi connectivity index (χ2v) is 11.9. The predicted octanol–water partition coefficient (Wildman–Crippen LogP) is -0.468. The van der Waals surface area contributed by atoms with Crippen LogP contribution in [0.25, 0.3) is 0 Å². The molecule has 2 amide bonds. The summed E-state index contributed by atoms with van der Waals surface area (Å²) in [5.41, 5.74) is 12.9. The summed E-state index contributed by atoms with van der Waals surface area (Å²) in [7, 11) is 0. The molecule has 2 rings (SSSR count). The van der Waals surface area contributed by atoms with E-state index in [1.165, 1.54) is 0 Å². The van der Waals surface area contributed by atoms with E-state index in [1.54, 1.807) is 13.8 Å². The van der Waals surface area contributed by atoms with Crippen LogP contribution in [0.3, 0.4) is 0 Å². The molecule has 0 unspecified atom stereocenters. The Labute approximate surface area is 164 Å². The fraction of sp³-hybridized carbons (Fsp3) is 0.222. The molecule has 2 atom stereocenters. The van der Waals surface area contributed by atoms with E-state index in [2.05, 4.69) is 10.6 Å². The maximum atomic E-state index is 11.9. The van der Waals surface area contributed by atoms with Gasteiger partial charge in [0.2, 0.25) is 0 Å². The van der Waals surface area contributed by atoms with Crippen LogP contribution in [0.5, 0.6) is 0 Å². The van der Waals surface area contributed by atoms with Gasteiger partial charge in [-0.2, -0.15) is 0 Å². The average Bonchev–Trinajstić information content (AvgIpc) is 2.61. The normalized spacial score (nSPS) is 12.9. The van der Waals surface area contributed by atoms with Crippen LogP contribution in [0.1, 0.15) is 13.8 Å². The summed E-state index contributed by atoms with van der Waals surface area (Å²) in [5, 5.41) is 5.77. The zero-order chi connectivity index (χ0) is 19.1. The first kappa shape index (κ1) is 20.6. The van der Waals surface area contributed by atoms with Crippen molar-refractivity contribution in [1.29, 1.82) is 0 Å². The first-order valence-electron chi connectivity index (χ1n) is 8.04. The zero-order valence-corrected chi connectivity index (χ0v) is 18.0. The summed E-state index contributed by atoms with van der Waals surface area (Å²) in [4.78, 5) is 23.8. The Morgan fingerprint density at radius 1 is 0.769 bits per heavy atom. The van der Waals surface area contributed by atoms with Crippen LogP contribution in [0, 0.1) is 0 Å². The van der Waals surface area contributed by atoms with Gasteiger partial charge in [-0.25, -0.2) is 0 Å². The molecule has 0 saturated carbocycles. The molecular formula is C18H22N4O2Se2. The number of carbonyl (C=O) groups is 2. The van der Waals surface area contributed by atoms with E-state index in [9.17, 15) is 9.59 Å². The van der Waals surface area contributed by atoms with Gasteiger partial charge in [-0.05, 0) is 0 Å². The van der Waals surface area contributed by atoms with Crippen LogP contribution in [0.4, 0.5) is 11.4 Å². The van der Waals surface area contributed by atoms with Gasteiger partial charge >= 0.3 is 165 Å². The summed E-state index contributed by atoms with van der Waals surface area (Å²) < 4.78 is 2.20. The summed E-state index contributed by atoms with van der Waals surface area (Å²) in [6, 6.07) is 14.4. The molecule has 8 heteroatoms. The zero-order valence-electron chi connectivity index (χ0n) is 14.6. The van der Waals surface area contributed by atoms with Crippen molar-refractivity contribution in [2.24, 2.45) is 11.5 Å². The van der Waals surface area contributed by atoms with Crippen molar-refractivity contribution in [3.05, 3.63) is 48.5 Å². The fourth-order valence-corrected chi connectivity index (χ4v) is 8.81. The molecule has 0 spiro atoms. The Bertz CT molecular complexity index is 716. The quantitative estimate of drug-likeness (QED) is 0.399. The van der Waals surface area contributed by atoms with Crippen molar-refractivity contribution >= 4 is 58.4 Å². The van der Waals surface area contributed by atoms with Gasteiger partial charge in [0.1, 0.15) is 0 Å². The minimum absolute atomic E-state index is 0.129. The minimum atomic E-state index is -0.560. The van der Waals surface area contributed by atoms with Crippen molar-refractivity contribution in [2.45, 2.75) is 25.9 Å². The standard InChI is InChI=1S/C18H22N4O2Se2/c1-11(19)17(23)21-13-7-3-5-9-15(13)25-26-16-10-6-4-8-14(16)22-18(24)12(2)20/h3-12H,19-20H2,1-2H3,(H,21,23)(H,22,24)/t11-,12-/m0/s1. The maximum absolute atomic E-state index is 11.9. The van der Waals surface area contributed by atoms with Crippen LogP contribution in [0.15, 0.2) is 48.5 Å². The van der Waals surface area contributed by atoms with E-state index < -0.39 is 12.1 Å². The molecule has 0 bridgehead atoms. The molecule has 0 heterocycles. The summed E-state index contributed by atoms with van der Waals surface area (Å²) in [5.74, 6) is -0.407. The van der Waals surface area contributed by atoms with E-state index in [0.29, 0.717) is 0 Å². The number of hydrogen-bond acceptors (Lipinski definition) is 4. The van der Waals surface area contributed by atoms with Crippen molar-refractivity contribution in [3.63, 3.8) is 0 Å². The molecular weight excluding hydrogens is 462 g/mol. The Morgan fingerprint density at radius 3 is 1.46 bits per heavy atom. The van der Waals surface area contributed by atoms with Gasteiger partial charge in [0.15, 0.2) is 0 Å². The van der Waals surface area contributed by atoms with E-state index in [0.717, 1.165) is 20.3 Å². The van der Waals surface area contributed by atoms with Gasteiger partial charge < -0.3 is 0 Å². The first-order valence-corrected chi connectivity index (χ1v) is 14.1. The average molecular weight is 484 g/mol. The van der Waals surface area contributed by atoms with E-state index in [-0.39, 0.29) is 38.1 Å². The molecule has 0 aromatic heterocycles. The van der Waals surface area contributed by atoms with Crippen molar-refractivity contribution in [2.75, 3.05) is 10.6 Å². The van der Waals surface area contributed by atoms with Crippen LogP contribution >= 0.6 is 0 Å². The third-order valence-corrected chi connectivity index (χ3v) is 10.6. The number of amides is 2. The van der Waals surface area contributed by atoms with E-state index in [1.807, 2.05) is 48.5 Å². The number of para-hydroxylation sites is 2. The van der Waals surface area contributed by atoms with E-state index >= 15 is 0 Å². The number of nitrogens with two attached hydrogens (primary N) is 2. The molecule has 0 aliphatic rings. The van der Waals surface area contributed by atoms with Crippen LogP contribution in [-0.4, -0.2) is 50.2 Å². The summed E-state index contributed by atoms with van der Waals surface area (Å²) >= 11 is 0.258. The molecule has 0 saturated heterocycles. The molecule has 0 radical (unpaired) electrons. The summed E-state index contributed by atoms with van der Waals surface area (Å²) in [6.45, 7) is 3.31. The third-order valence-electron chi connectivity index (χ3n) is 3.34.